The third-order valence-electron chi connectivity index (χ3n) is 4.25. The smallest absolute Gasteiger partial charge is 0.326 e. The molecule has 23 heavy (non-hydrogen) atoms. The van der Waals surface area contributed by atoms with E-state index in [1.807, 2.05) is 0 Å². The highest BCUT2D eigenvalue weighted by Crippen LogP contribution is 2.26. The standard InChI is InChI=1S/C15H29N5O3/c16-11(9-10-5-2-1-3-6-10)13(21)20-12(14(22)23)7-4-8-19-15(17)18/h10-12H,1-9,16H2,(H,20,21)(H,22,23)(H4,17,18,19)/t11-,12-/m0/s1. The minimum atomic E-state index is -1.08. The fraction of sp³-hybridized carbons (Fsp3) is 0.800. The van der Waals surface area contributed by atoms with Gasteiger partial charge >= 0.3 is 5.97 Å². The first-order valence-corrected chi connectivity index (χ1v) is 8.26. The third kappa shape index (κ3) is 7.83. The summed E-state index contributed by atoms with van der Waals surface area (Å²) in [6, 6.07) is -1.62. The summed E-state index contributed by atoms with van der Waals surface area (Å²) in [6.45, 7) is 0.392. The molecule has 1 saturated carbocycles. The molecule has 1 aliphatic carbocycles. The van der Waals surface area contributed by atoms with Crippen LogP contribution in [0.25, 0.3) is 0 Å². The molecule has 0 bridgehead atoms. The van der Waals surface area contributed by atoms with E-state index in [9.17, 15) is 14.7 Å². The predicted molar refractivity (Wildman–Crippen MR) is 87.9 cm³/mol. The molecule has 0 unspecified atom stereocenters. The number of aliphatic carboxylic acids is 1. The number of guanidine groups is 1. The number of nitrogens with two attached hydrogens (primary N) is 2. The fourth-order valence-electron chi connectivity index (χ4n) is 2.95. The van der Waals surface area contributed by atoms with Gasteiger partial charge in [0.25, 0.3) is 0 Å². The molecular formula is C15H29N5O3. The Morgan fingerprint density at radius 1 is 1.26 bits per heavy atom. The van der Waals surface area contributed by atoms with Crippen molar-refractivity contribution < 1.29 is 14.7 Å². The molecule has 8 N–H and O–H groups in total. The summed E-state index contributed by atoms with van der Waals surface area (Å²) < 4.78 is 0. The molecule has 2 atom stereocenters. The Balaban J connectivity index is 2.36. The normalized spacial score (nSPS) is 18.0. The number of hydrogen-bond acceptors (Lipinski definition) is 4. The van der Waals surface area contributed by atoms with E-state index < -0.39 is 24.0 Å². The molecule has 0 aromatic rings. The first-order chi connectivity index (χ1) is 10.9. The molecule has 1 rings (SSSR count). The Labute approximate surface area is 136 Å². The van der Waals surface area contributed by atoms with Crippen molar-refractivity contribution >= 4 is 17.8 Å². The molecule has 8 heteroatoms. The van der Waals surface area contributed by atoms with Crippen molar-refractivity contribution in [1.29, 1.82) is 5.41 Å². The van der Waals surface area contributed by atoms with Gasteiger partial charge in [0.15, 0.2) is 5.96 Å². The summed E-state index contributed by atoms with van der Waals surface area (Å²) in [4.78, 5) is 23.3. The maximum atomic E-state index is 12.1. The van der Waals surface area contributed by atoms with Crippen LogP contribution in [0.1, 0.15) is 51.4 Å². The van der Waals surface area contributed by atoms with Crippen molar-refractivity contribution in [2.24, 2.45) is 17.4 Å². The van der Waals surface area contributed by atoms with Crippen molar-refractivity contribution in [2.45, 2.75) is 63.5 Å². The number of carbonyl (C=O) groups is 2. The molecular weight excluding hydrogens is 298 g/mol. The number of carboxylic acid groups (broad SMARTS) is 1. The van der Waals surface area contributed by atoms with Crippen molar-refractivity contribution in [1.82, 2.24) is 10.6 Å². The molecule has 0 aromatic carbocycles. The monoisotopic (exact) mass is 327 g/mol. The van der Waals surface area contributed by atoms with E-state index in [1.54, 1.807) is 0 Å². The van der Waals surface area contributed by atoms with Gasteiger partial charge in [0.2, 0.25) is 5.91 Å². The highest BCUT2D eigenvalue weighted by molar-refractivity contribution is 5.86. The molecule has 0 saturated heterocycles. The number of nitrogens with one attached hydrogen (secondary N) is 3. The van der Waals surface area contributed by atoms with Crippen molar-refractivity contribution in [3.63, 3.8) is 0 Å². The maximum absolute atomic E-state index is 12.1. The van der Waals surface area contributed by atoms with Gasteiger partial charge in [-0.2, -0.15) is 0 Å². The SMILES string of the molecule is N=C(N)NCCC[C@H](NC(=O)[C@@H](N)CC1CCCCC1)C(=O)O. The molecule has 1 amide bonds. The zero-order valence-electron chi connectivity index (χ0n) is 13.5. The fourth-order valence-corrected chi connectivity index (χ4v) is 2.95. The second-order valence-corrected chi connectivity index (χ2v) is 6.23. The van der Waals surface area contributed by atoms with Crippen LogP contribution in [0.15, 0.2) is 0 Å². The van der Waals surface area contributed by atoms with E-state index in [4.69, 9.17) is 16.9 Å². The second-order valence-electron chi connectivity index (χ2n) is 6.23. The average Bonchev–Trinajstić information content (AvgIpc) is 2.50. The van der Waals surface area contributed by atoms with Crippen LogP contribution >= 0.6 is 0 Å². The number of rotatable bonds is 9. The lowest BCUT2D eigenvalue weighted by Crippen LogP contribution is -2.49. The summed E-state index contributed by atoms with van der Waals surface area (Å²) >= 11 is 0. The summed E-state index contributed by atoms with van der Waals surface area (Å²) in [5.41, 5.74) is 11.1. The van der Waals surface area contributed by atoms with Gasteiger partial charge in [0.05, 0.1) is 6.04 Å². The van der Waals surface area contributed by atoms with Gasteiger partial charge in [-0.05, 0) is 25.2 Å². The van der Waals surface area contributed by atoms with Gasteiger partial charge in [0.1, 0.15) is 6.04 Å². The van der Waals surface area contributed by atoms with Gasteiger partial charge in [-0.1, -0.05) is 32.1 Å². The van der Waals surface area contributed by atoms with Gasteiger partial charge < -0.3 is 27.2 Å². The van der Waals surface area contributed by atoms with Crippen LogP contribution in [0, 0.1) is 11.3 Å². The van der Waals surface area contributed by atoms with Crippen molar-refractivity contribution in [3.8, 4) is 0 Å². The Bertz CT molecular complexity index is 410. The molecule has 8 nitrogen and oxygen atoms in total. The summed E-state index contributed by atoms with van der Waals surface area (Å²) in [5.74, 6) is -1.17. The highest BCUT2D eigenvalue weighted by atomic mass is 16.4. The van der Waals surface area contributed by atoms with Crippen LogP contribution < -0.4 is 22.1 Å². The quantitative estimate of drug-likeness (QED) is 0.201. The van der Waals surface area contributed by atoms with Crippen LogP contribution in [0.4, 0.5) is 0 Å². The first kappa shape index (κ1) is 19.2. The lowest BCUT2D eigenvalue weighted by atomic mass is 9.85. The van der Waals surface area contributed by atoms with Gasteiger partial charge in [-0.25, -0.2) is 4.79 Å². The predicted octanol–water partition coefficient (Wildman–Crippen LogP) is 0.117. The van der Waals surface area contributed by atoms with Crippen LogP contribution in [0.5, 0.6) is 0 Å². The maximum Gasteiger partial charge on any atom is 0.326 e. The molecule has 132 valence electrons. The van der Waals surface area contributed by atoms with Gasteiger partial charge in [-0.3, -0.25) is 10.2 Å². The Hall–Kier alpha value is -1.83. The Morgan fingerprint density at radius 2 is 1.91 bits per heavy atom. The molecule has 0 spiro atoms. The average molecular weight is 327 g/mol. The summed E-state index contributed by atoms with van der Waals surface area (Å²) in [7, 11) is 0. The van der Waals surface area contributed by atoms with Gasteiger partial charge in [0, 0.05) is 6.54 Å². The van der Waals surface area contributed by atoms with Crippen LogP contribution in [0.2, 0.25) is 0 Å². The Kier molecular flexibility index (Phi) is 8.39. The molecule has 1 fully saturated rings. The lowest BCUT2D eigenvalue weighted by molar-refractivity contribution is -0.142. The zero-order chi connectivity index (χ0) is 17.2. The highest BCUT2D eigenvalue weighted by Gasteiger charge is 2.25. The van der Waals surface area contributed by atoms with E-state index in [-0.39, 0.29) is 12.4 Å². The minimum absolute atomic E-state index is 0.157. The minimum Gasteiger partial charge on any atom is -0.480 e. The van der Waals surface area contributed by atoms with E-state index in [1.165, 1.54) is 19.3 Å². The van der Waals surface area contributed by atoms with Crippen LogP contribution in [-0.2, 0) is 9.59 Å². The largest absolute Gasteiger partial charge is 0.480 e. The summed E-state index contributed by atoms with van der Waals surface area (Å²) in [5, 5.41) is 21.3. The van der Waals surface area contributed by atoms with E-state index in [2.05, 4.69) is 10.6 Å². The number of carboxylic acids is 1. The number of amides is 1. The summed E-state index contributed by atoms with van der Waals surface area (Å²) in [6.07, 6.45) is 7.16. The second kappa shape index (κ2) is 10.0. The van der Waals surface area contributed by atoms with E-state index >= 15 is 0 Å². The first-order valence-electron chi connectivity index (χ1n) is 8.26. The Morgan fingerprint density at radius 3 is 2.48 bits per heavy atom. The lowest BCUT2D eigenvalue weighted by Gasteiger charge is -2.25. The van der Waals surface area contributed by atoms with E-state index in [0.29, 0.717) is 25.3 Å². The van der Waals surface area contributed by atoms with Crippen molar-refractivity contribution in [3.05, 3.63) is 0 Å². The van der Waals surface area contributed by atoms with Gasteiger partial charge in [-0.15, -0.1) is 0 Å². The number of hydrogen-bond donors (Lipinski definition) is 6. The topological polar surface area (TPSA) is 154 Å². The van der Waals surface area contributed by atoms with Crippen LogP contribution in [-0.4, -0.2) is 41.6 Å². The third-order valence-corrected chi connectivity index (χ3v) is 4.25. The molecule has 0 aliphatic heterocycles. The molecule has 0 heterocycles. The zero-order valence-corrected chi connectivity index (χ0v) is 13.5. The molecule has 0 radical (unpaired) electrons. The molecule has 1 aliphatic rings. The van der Waals surface area contributed by atoms with Crippen LogP contribution in [0.3, 0.4) is 0 Å². The van der Waals surface area contributed by atoms with E-state index in [0.717, 1.165) is 12.8 Å². The van der Waals surface area contributed by atoms with Crippen molar-refractivity contribution in [2.75, 3.05) is 6.54 Å². The molecule has 0 aromatic heterocycles. The number of carbonyl (C=O) groups excluding carboxylic acids is 1.